The molecule has 1 aliphatic rings. The van der Waals surface area contributed by atoms with Crippen molar-refractivity contribution >= 4 is 17.8 Å². The molecule has 7 heteroatoms. The van der Waals surface area contributed by atoms with E-state index in [-0.39, 0.29) is 23.6 Å². The van der Waals surface area contributed by atoms with Crippen LogP contribution in [0.25, 0.3) is 0 Å². The summed E-state index contributed by atoms with van der Waals surface area (Å²) in [5, 5.41) is 0. The van der Waals surface area contributed by atoms with E-state index in [2.05, 4.69) is 4.74 Å². The van der Waals surface area contributed by atoms with Crippen LogP contribution in [0.1, 0.15) is 33.2 Å². The molecule has 2 aromatic rings. The number of carbonyl (C=O) groups excluding carboxylic acids is 3. The van der Waals surface area contributed by atoms with Gasteiger partial charge in [0.1, 0.15) is 24.2 Å². The molecule has 26 heavy (non-hydrogen) atoms. The van der Waals surface area contributed by atoms with Gasteiger partial charge in [0, 0.05) is 0 Å². The molecule has 134 valence electrons. The molecule has 0 radical (unpaired) electrons. The summed E-state index contributed by atoms with van der Waals surface area (Å²) in [5.74, 6) is -1.74. The number of hydrogen-bond donors (Lipinski definition) is 0. The fourth-order valence-corrected chi connectivity index (χ4v) is 2.70. The van der Waals surface area contributed by atoms with E-state index in [0.29, 0.717) is 5.75 Å². The number of halogens is 1. The summed E-state index contributed by atoms with van der Waals surface area (Å²) < 4.78 is 23.1. The molecule has 1 unspecified atom stereocenters. The van der Waals surface area contributed by atoms with Crippen LogP contribution in [0.2, 0.25) is 0 Å². The number of ether oxygens (including phenoxy) is 2. The van der Waals surface area contributed by atoms with Crippen LogP contribution in [-0.2, 0) is 16.1 Å². The molecule has 0 fully saturated rings. The first-order chi connectivity index (χ1) is 12.4. The van der Waals surface area contributed by atoms with Gasteiger partial charge in [-0.25, -0.2) is 9.18 Å². The van der Waals surface area contributed by atoms with Gasteiger partial charge in [0.2, 0.25) is 0 Å². The van der Waals surface area contributed by atoms with Gasteiger partial charge in [-0.05, 0) is 42.8 Å². The maximum atomic E-state index is 12.9. The maximum absolute atomic E-state index is 12.9. The normalized spacial score (nSPS) is 14.2. The summed E-state index contributed by atoms with van der Waals surface area (Å²) >= 11 is 0. The van der Waals surface area contributed by atoms with Crippen molar-refractivity contribution in [1.29, 1.82) is 0 Å². The minimum atomic E-state index is -1.02. The maximum Gasteiger partial charge on any atom is 0.328 e. The molecular formula is C19H16FNO5. The van der Waals surface area contributed by atoms with E-state index >= 15 is 0 Å². The highest BCUT2D eigenvalue weighted by Gasteiger charge is 2.41. The van der Waals surface area contributed by atoms with Gasteiger partial charge in [-0.3, -0.25) is 14.5 Å². The van der Waals surface area contributed by atoms with Crippen molar-refractivity contribution in [3.63, 3.8) is 0 Å². The third-order valence-corrected chi connectivity index (χ3v) is 4.14. The van der Waals surface area contributed by atoms with Crippen LogP contribution < -0.4 is 4.74 Å². The molecule has 0 aromatic heterocycles. The van der Waals surface area contributed by atoms with Crippen molar-refractivity contribution in [3.05, 3.63) is 65.0 Å². The number of benzene rings is 2. The monoisotopic (exact) mass is 357 g/mol. The number of methoxy groups -OCH3 is 1. The highest BCUT2D eigenvalue weighted by Crippen LogP contribution is 2.29. The second kappa shape index (κ2) is 6.95. The van der Waals surface area contributed by atoms with E-state index in [9.17, 15) is 18.8 Å². The third-order valence-electron chi connectivity index (χ3n) is 4.14. The van der Waals surface area contributed by atoms with Gasteiger partial charge in [0.05, 0.1) is 18.2 Å². The Balaban J connectivity index is 1.78. The molecule has 3 rings (SSSR count). The highest BCUT2D eigenvalue weighted by molar-refractivity contribution is 6.22. The average molecular weight is 357 g/mol. The highest BCUT2D eigenvalue weighted by atomic mass is 19.1. The summed E-state index contributed by atoms with van der Waals surface area (Å²) in [6.07, 6.45) is 0. The van der Waals surface area contributed by atoms with Crippen LogP contribution >= 0.6 is 0 Å². The summed E-state index contributed by atoms with van der Waals surface area (Å²) in [6, 6.07) is 9.35. The molecule has 0 saturated heterocycles. The first-order valence-corrected chi connectivity index (χ1v) is 7.89. The predicted molar refractivity (Wildman–Crippen MR) is 89.2 cm³/mol. The number of fused-ring (bicyclic) bond motifs is 1. The van der Waals surface area contributed by atoms with Crippen molar-refractivity contribution in [2.75, 3.05) is 7.11 Å². The van der Waals surface area contributed by atoms with Crippen LogP contribution in [0.3, 0.4) is 0 Å². The summed E-state index contributed by atoms with van der Waals surface area (Å²) in [4.78, 5) is 37.5. The molecule has 0 aliphatic carbocycles. The zero-order valence-electron chi connectivity index (χ0n) is 14.2. The Hall–Kier alpha value is -3.22. The lowest BCUT2D eigenvalue weighted by Gasteiger charge is -2.19. The zero-order valence-corrected chi connectivity index (χ0v) is 14.2. The average Bonchev–Trinajstić information content (AvgIpc) is 2.90. The first kappa shape index (κ1) is 17.6. The van der Waals surface area contributed by atoms with E-state index in [0.717, 1.165) is 10.5 Å². The lowest BCUT2D eigenvalue weighted by atomic mass is 10.1. The van der Waals surface area contributed by atoms with E-state index in [1.807, 2.05) is 0 Å². The summed E-state index contributed by atoms with van der Waals surface area (Å²) in [7, 11) is 1.19. The van der Waals surface area contributed by atoms with Gasteiger partial charge >= 0.3 is 5.97 Å². The van der Waals surface area contributed by atoms with Gasteiger partial charge in [-0.2, -0.15) is 0 Å². The molecule has 1 atom stereocenters. The van der Waals surface area contributed by atoms with Crippen molar-refractivity contribution in [3.8, 4) is 5.75 Å². The van der Waals surface area contributed by atoms with Crippen LogP contribution in [0.5, 0.6) is 5.75 Å². The van der Waals surface area contributed by atoms with E-state index in [1.54, 1.807) is 18.2 Å². The third kappa shape index (κ3) is 3.15. The first-order valence-electron chi connectivity index (χ1n) is 7.89. The largest absolute Gasteiger partial charge is 0.489 e. The van der Waals surface area contributed by atoms with Crippen LogP contribution in [0, 0.1) is 5.82 Å². The van der Waals surface area contributed by atoms with E-state index in [4.69, 9.17) is 4.74 Å². The summed E-state index contributed by atoms with van der Waals surface area (Å²) in [5.41, 5.74) is 1.14. The molecule has 1 heterocycles. The molecule has 0 bridgehead atoms. The number of hydrogen-bond acceptors (Lipinski definition) is 5. The number of esters is 1. The van der Waals surface area contributed by atoms with Crippen LogP contribution in [-0.4, -0.2) is 35.8 Å². The lowest BCUT2D eigenvalue weighted by molar-refractivity contribution is -0.144. The van der Waals surface area contributed by atoms with Crippen molar-refractivity contribution in [2.24, 2.45) is 0 Å². The number of nitrogens with zero attached hydrogens (tertiary/aromatic N) is 1. The van der Waals surface area contributed by atoms with Crippen LogP contribution in [0.15, 0.2) is 42.5 Å². The molecule has 0 spiro atoms. The smallest absolute Gasteiger partial charge is 0.328 e. The molecule has 0 N–H and O–H groups in total. The Kier molecular flexibility index (Phi) is 4.71. The number of carbonyl (C=O) groups is 3. The number of rotatable bonds is 5. The Morgan fingerprint density at radius 1 is 1.08 bits per heavy atom. The minimum absolute atomic E-state index is 0.169. The second-order valence-electron chi connectivity index (χ2n) is 5.80. The van der Waals surface area contributed by atoms with Gasteiger partial charge in [-0.15, -0.1) is 0 Å². The van der Waals surface area contributed by atoms with Gasteiger partial charge in [0.15, 0.2) is 0 Å². The number of imide groups is 1. The number of amides is 2. The SMILES string of the molecule is COC(=O)C(C)N1C(=O)c2ccc(OCc3ccc(F)cc3)cc2C1=O. The fraction of sp³-hybridized carbons (Fsp3) is 0.211. The zero-order chi connectivity index (χ0) is 18.8. The molecule has 1 aliphatic heterocycles. The molecule has 6 nitrogen and oxygen atoms in total. The Labute approximate surface area is 149 Å². The second-order valence-corrected chi connectivity index (χ2v) is 5.80. The van der Waals surface area contributed by atoms with Crippen molar-refractivity contribution < 1.29 is 28.2 Å². The van der Waals surface area contributed by atoms with Crippen molar-refractivity contribution in [1.82, 2.24) is 4.90 Å². The van der Waals surface area contributed by atoms with E-state index < -0.39 is 23.8 Å². The van der Waals surface area contributed by atoms with Gasteiger partial charge < -0.3 is 9.47 Å². The topological polar surface area (TPSA) is 72.9 Å². The predicted octanol–water partition coefficient (Wildman–Crippen LogP) is 2.56. The standard InChI is InChI=1S/C19H16FNO5/c1-11(19(24)25-2)21-17(22)15-8-7-14(9-16(15)18(21)23)26-10-12-3-5-13(20)6-4-12/h3-9,11H,10H2,1-2H3. The van der Waals surface area contributed by atoms with E-state index in [1.165, 1.54) is 38.3 Å². The molecule has 2 aromatic carbocycles. The minimum Gasteiger partial charge on any atom is -0.489 e. The molecule has 2 amide bonds. The molecular weight excluding hydrogens is 341 g/mol. The van der Waals surface area contributed by atoms with Crippen LogP contribution in [0.4, 0.5) is 4.39 Å². The Bertz CT molecular complexity index is 878. The lowest BCUT2D eigenvalue weighted by Crippen LogP contribution is -2.43. The van der Waals surface area contributed by atoms with Crippen molar-refractivity contribution in [2.45, 2.75) is 19.6 Å². The van der Waals surface area contributed by atoms with Gasteiger partial charge in [-0.1, -0.05) is 12.1 Å². The quantitative estimate of drug-likeness (QED) is 0.607. The van der Waals surface area contributed by atoms with Gasteiger partial charge in [0.25, 0.3) is 11.8 Å². The fourth-order valence-electron chi connectivity index (χ4n) is 2.70. The Morgan fingerprint density at radius 3 is 2.38 bits per heavy atom. The molecule has 0 saturated carbocycles. The summed E-state index contributed by atoms with van der Waals surface area (Å²) in [6.45, 7) is 1.61. The Morgan fingerprint density at radius 2 is 1.73 bits per heavy atom.